The van der Waals surface area contributed by atoms with Gasteiger partial charge in [-0.3, -0.25) is 14.5 Å². The summed E-state index contributed by atoms with van der Waals surface area (Å²) in [6, 6.07) is 0. The standard InChI is InChI=1S/C12H18N2O2S/c1-11(2,10(13)17)5-14-8(15)6-7(9(14)16)12(6,3)4/h6-7H,5H2,1-4H3,(H2,13,17). The molecular formula is C12H18N2O2S. The molecule has 2 unspecified atom stereocenters. The van der Waals surface area contributed by atoms with Gasteiger partial charge < -0.3 is 5.73 Å². The van der Waals surface area contributed by atoms with Crippen LogP contribution in [0.5, 0.6) is 0 Å². The Labute approximate surface area is 107 Å². The second-order valence-corrected chi connectivity index (χ2v) is 6.73. The zero-order valence-corrected chi connectivity index (χ0v) is 11.4. The zero-order chi connectivity index (χ0) is 13.2. The lowest BCUT2D eigenvalue weighted by atomic mass is 9.92. The number of piperidine rings is 1. The summed E-state index contributed by atoms with van der Waals surface area (Å²) >= 11 is 4.96. The van der Waals surface area contributed by atoms with Crippen LogP contribution in [0.3, 0.4) is 0 Å². The van der Waals surface area contributed by atoms with Crippen LogP contribution >= 0.6 is 12.2 Å². The van der Waals surface area contributed by atoms with Gasteiger partial charge in [-0.2, -0.15) is 0 Å². The number of amides is 2. The zero-order valence-electron chi connectivity index (χ0n) is 10.6. The number of likely N-dealkylation sites (tertiary alicyclic amines) is 1. The van der Waals surface area contributed by atoms with Crippen molar-refractivity contribution in [1.82, 2.24) is 4.90 Å². The number of hydrogen-bond donors (Lipinski definition) is 1. The third-order valence-corrected chi connectivity index (χ3v) is 4.66. The molecule has 0 bridgehead atoms. The fourth-order valence-electron chi connectivity index (χ4n) is 2.63. The summed E-state index contributed by atoms with van der Waals surface area (Å²) in [6.45, 7) is 7.93. The molecule has 1 saturated carbocycles. The third-order valence-electron chi connectivity index (χ3n) is 4.11. The molecule has 5 heteroatoms. The van der Waals surface area contributed by atoms with Crippen LogP contribution in [-0.4, -0.2) is 28.2 Å². The van der Waals surface area contributed by atoms with E-state index in [-0.39, 0.29) is 29.1 Å². The number of carbonyl (C=O) groups is 2. The van der Waals surface area contributed by atoms with Gasteiger partial charge in [-0.15, -0.1) is 0 Å². The van der Waals surface area contributed by atoms with E-state index in [1.54, 1.807) is 0 Å². The Hall–Kier alpha value is -0.970. The van der Waals surface area contributed by atoms with Gasteiger partial charge in [0.05, 0.1) is 16.8 Å². The Morgan fingerprint density at radius 3 is 2.12 bits per heavy atom. The van der Waals surface area contributed by atoms with E-state index in [1.165, 1.54) is 4.90 Å². The first-order valence-electron chi connectivity index (χ1n) is 5.76. The summed E-state index contributed by atoms with van der Waals surface area (Å²) < 4.78 is 0. The van der Waals surface area contributed by atoms with Crippen LogP contribution in [0.4, 0.5) is 0 Å². The molecule has 2 N–H and O–H groups in total. The van der Waals surface area contributed by atoms with Gasteiger partial charge in [0, 0.05) is 12.0 Å². The fourth-order valence-corrected chi connectivity index (χ4v) is 2.70. The fraction of sp³-hybridized carbons (Fsp3) is 0.750. The smallest absolute Gasteiger partial charge is 0.233 e. The van der Waals surface area contributed by atoms with Gasteiger partial charge in [0.1, 0.15) is 0 Å². The summed E-state index contributed by atoms with van der Waals surface area (Å²) in [7, 11) is 0. The number of nitrogens with zero attached hydrogens (tertiary/aromatic N) is 1. The van der Waals surface area contributed by atoms with Gasteiger partial charge in [0.2, 0.25) is 11.8 Å². The largest absolute Gasteiger partial charge is 0.393 e. The molecule has 2 fully saturated rings. The van der Waals surface area contributed by atoms with Crippen molar-refractivity contribution in [2.45, 2.75) is 27.7 Å². The molecule has 2 aliphatic rings. The van der Waals surface area contributed by atoms with Crippen LogP contribution in [0.25, 0.3) is 0 Å². The summed E-state index contributed by atoms with van der Waals surface area (Å²) in [5.74, 6) is -0.377. The Morgan fingerprint density at radius 2 is 1.76 bits per heavy atom. The van der Waals surface area contributed by atoms with Crippen LogP contribution in [0.2, 0.25) is 0 Å². The van der Waals surface area contributed by atoms with Gasteiger partial charge in [0.15, 0.2) is 0 Å². The highest BCUT2D eigenvalue weighted by molar-refractivity contribution is 7.80. The lowest BCUT2D eigenvalue weighted by Crippen LogP contribution is -2.46. The maximum absolute atomic E-state index is 12.1. The van der Waals surface area contributed by atoms with Crippen LogP contribution in [0.1, 0.15) is 27.7 Å². The highest BCUT2D eigenvalue weighted by Crippen LogP contribution is 2.63. The molecular weight excluding hydrogens is 236 g/mol. The minimum atomic E-state index is -0.498. The number of hydrogen-bond acceptors (Lipinski definition) is 3. The molecule has 0 aromatic rings. The van der Waals surface area contributed by atoms with E-state index in [0.717, 1.165) is 0 Å². The number of carbonyl (C=O) groups excluding carboxylic acids is 2. The molecule has 1 aliphatic heterocycles. The quantitative estimate of drug-likeness (QED) is 0.601. The molecule has 2 rings (SSSR count). The van der Waals surface area contributed by atoms with E-state index in [1.807, 2.05) is 27.7 Å². The second kappa shape index (κ2) is 3.28. The highest BCUT2D eigenvalue weighted by atomic mass is 32.1. The SMILES string of the molecule is CC(C)(CN1C(=O)C2C(C1=O)C2(C)C)C(N)=S. The molecule has 1 aliphatic carbocycles. The van der Waals surface area contributed by atoms with E-state index < -0.39 is 5.41 Å². The summed E-state index contributed by atoms with van der Waals surface area (Å²) in [5, 5.41) is 0. The normalized spacial score (nSPS) is 30.5. The predicted octanol–water partition coefficient (Wildman–Crippen LogP) is 0.940. The number of rotatable bonds is 3. The average Bonchev–Trinajstić information content (AvgIpc) is 2.65. The van der Waals surface area contributed by atoms with Crippen molar-refractivity contribution in [2.24, 2.45) is 28.4 Å². The van der Waals surface area contributed by atoms with Crippen molar-refractivity contribution in [3.8, 4) is 0 Å². The first-order chi connectivity index (χ1) is 7.60. The molecule has 0 spiro atoms. The van der Waals surface area contributed by atoms with Gasteiger partial charge >= 0.3 is 0 Å². The van der Waals surface area contributed by atoms with Gasteiger partial charge in [-0.05, 0) is 5.41 Å². The van der Waals surface area contributed by atoms with Crippen molar-refractivity contribution in [2.75, 3.05) is 6.54 Å². The number of imide groups is 1. The maximum atomic E-state index is 12.1. The Morgan fingerprint density at radius 1 is 1.35 bits per heavy atom. The van der Waals surface area contributed by atoms with Gasteiger partial charge in [-0.1, -0.05) is 39.9 Å². The third kappa shape index (κ3) is 1.59. The molecule has 0 aromatic heterocycles. The van der Waals surface area contributed by atoms with Gasteiger partial charge in [0.25, 0.3) is 0 Å². The minimum Gasteiger partial charge on any atom is -0.393 e. The molecule has 4 nitrogen and oxygen atoms in total. The maximum Gasteiger partial charge on any atom is 0.233 e. The van der Waals surface area contributed by atoms with Crippen LogP contribution < -0.4 is 5.73 Å². The van der Waals surface area contributed by atoms with Crippen molar-refractivity contribution in [3.63, 3.8) is 0 Å². The predicted molar refractivity (Wildman–Crippen MR) is 68.0 cm³/mol. The second-order valence-electron chi connectivity index (χ2n) is 6.29. The Bertz CT molecular complexity index is 404. The van der Waals surface area contributed by atoms with E-state index in [0.29, 0.717) is 11.5 Å². The topological polar surface area (TPSA) is 63.4 Å². The molecule has 2 amide bonds. The summed E-state index contributed by atoms with van der Waals surface area (Å²) in [5.41, 5.74) is 4.97. The number of fused-ring (bicyclic) bond motifs is 1. The molecule has 2 atom stereocenters. The molecule has 17 heavy (non-hydrogen) atoms. The molecule has 94 valence electrons. The van der Waals surface area contributed by atoms with Crippen LogP contribution in [0, 0.1) is 22.7 Å². The first kappa shape index (κ1) is 12.5. The Balaban J connectivity index is 2.15. The van der Waals surface area contributed by atoms with Crippen molar-refractivity contribution < 1.29 is 9.59 Å². The Kier molecular flexibility index (Phi) is 2.41. The van der Waals surface area contributed by atoms with Crippen molar-refractivity contribution in [3.05, 3.63) is 0 Å². The average molecular weight is 254 g/mol. The molecule has 1 saturated heterocycles. The highest BCUT2D eigenvalue weighted by Gasteiger charge is 2.72. The minimum absolute atomic E-state index is 0.0608. The first-order valence-corrected chi connectivity index (χ1v) is 6.16. The monoisotopic (exact) mass is 254 g/mol. The lowest BCUT2D eigenvalue weighted by Gasteiger charge is -2.30. The van der Waals surface area contributed by atoms with E-state index in [9.17, 15) is 9.59 Å². The lowest BCUT2D eigenvalue weighted by molar-refractivity contribution is -0.144. The molecule has 0 aromatic carbocycles. The molecule has 1 heterocycles. The molecule has 0 radical (unpaired) electrons. The van der Waals surface area contributed by atoms with E-state index in [4.69, 9.17) is 18.0 Å². The van der Waals surface area contributed by atoms with Crippen LogP contribution in [0.15, 0.2) is 0 Å². The van der Waals surface area contributed by atoms with Crippen LogP contribution in [-0.2, 0) is 9.59 Å². The van der Waals surface area contributed by atoms with Crippen molar-refractivity contribution >= 4 is 29.0 Å². The van der Waals surface area contributed by atoms with E-state index >= 15 is 0 Å². The van der Waals surface area contributed by atoms with Gasteiger partial charge in [-0.25, -0.2) is 0 Å². The van der Waals surface area contributed by atoms with E-state index in [2.05, 4.69) is 0 Å². The number of thiocarbonyl (C=S) groups is 1. The summed E-state index contributed by atoms with van der Waals surface area (Å²) in [6.07, 6.45) is 0. The van der Waals surface area contributed by atoms with Crippen molar-refractivity contribution in [1.29, 1.82) is 0 Å². The summed E-state index contributed by atoms with van der Waals surface area (Å²) in [4.78, 5) is 25.9. The number of nitrogens with two attached hydrogens (primary N) is 1.